The third-order valence-electron chi connectivity index (χ3n) is 5.45. The van der Waals surface area contributed by atoms with E-state index in [-0.39, 0.29) is 5.54 Å². The minimum Gasteiger partial charge on any atom is -0.370 e. The second-order valence-electron chi connectivity index (χ2n) is 6.99. The number of nitrogens with one attached hydrogen (secondary N) is 2. The van der Waals surface area contributed by atoms with Crippen LogP contribution in [0.2, 0.25) is 0 Å². The quantitative estimate of drug-likeness (QED) is 0.721. The topological polar surface area (TPSA) is 36.4 Å². The van der Waals surface area contributed by atoms with Crippen molar-refractivity contribution in [2.24, 2.45) is 4.99 Å². The summed E-state index contributed by atoms with van der Waals surface area (Å²) in [6.45, 7) is 2.02. The van der Waals surface area contributed by atoms with Crippen LogP contribution in [-0.2, 0) is 0 Å². The van der Waals surface area contributed by atoms with Crippen molar-refractivity contribution in [2.45, 2.75) is 88.6 Å². The number of nitrogens with zero attached hydrogens (tertiary/aromatic N) is 1. The summed E-state index contributed by atoms with van der Waals surface area (Å²) in [5.41, 5.74) is 0.195. The van der Waals surface area contributed by atoms with Crippen LogP contribution in [-0.4, -0.2) is 30.5 Å². The summed E-state index contributed by atoms with van der Waals surface area (Å²) in [4.78, 5) is 4.92. The van der Waals surface area contributed by atoms with E-state index in [0.29, 0.717) is 6.04 Å². The lowest BCUT2D eigenvalue weighted by atomic mass is 9.86. The Labute approximate surface area is 124 Å². The predicted octanol–water partition coefficient (Wildman–Crippen LogP) is 3.39. The van der Waals surface area contributed by atoms with Gasteiger partial charge in [-0.25, -0.2) is 0 Å². The van der Waals surface area contributed by atoms with Gasteiger partial charge >= 0.3 is 0 Å². The molecule has 3 rings (SSSR count). The first-order valence-electron chi connectivity index (χ1n) is 8.96. The van der Waals surface area contributed by atoms with Crippen LogP contribution in [0.5, 0.6) is 0 Å². The largest absolute Gasteiger partial charge is 0.370 e. The zero-order valence-corrected chi connectivity index (χ0v) is 12.9. The van der Waals surface area contributed by atoms with Gasteiger partial charge in [-0.15, -0.1) is 0 Å². The van der Waals surface area contributed by atoms with E-state index in [4.69, 9.17) is 4.99 Å². The average molecular weight is 277 g/mol. The van der Waals surface area contributed by atoms with Crippen LogP contribution in [0.15, 0.2) is 4.99 Å². The van der Waals surface area contributed by atoms with Gasteiger partial charge in [-0.3, -0.25) is 4.99 Å². The first-order chi connectivity index (χ1) is 9.89. The molecule has 0 aromatic carbocycles. The summed E-state index contributed by atoms with van der Waals surface area (Å²) in [5, 5.41) is 7.71. The van der Waals surface area contributed by atoms with E-state index in [9.17, 15) is 0 Å². The van der Waals surface area contributed by atoms with Gasteiger partial charge in [-0.05, 0) is 25.7 Å². The minimum atomic E-state index is 0.195. The summed E-state index contributed by atoms with van der Waals surface area (Å²) in [6, 6.07) is 0.677. The summed E-state index contributed by atoms with van der Waals surface area (Å²) < 4.78 is 0. The van der Waals surface area contributed by atoms with Gasteiger partial charge in [0.2, 0.25) is 0 Å². The third-order valence-corrected chi connectivity index (χ3v) is 5.45. The molecule has 2 aliphatic carbocycles. The van der Waals surface area contributed by atoms with Crippen molar-refractivity contribution in [3.05, 3.63) is 0 Å². The molecule has 1 spiro atoms. The maximum Gasteiger partial charge on any atom is 0.117 e. The van der Waals surface area contributed by atoms with Crippen LogP contribution in [0, 0.1) is 0 Å². The lowest BCUT2D eigenvalue weighted by molar-refractivity contribution is 0.355. The van der Waals surface area contributed by atoms with E-state index in [1.165, 1.54) is 82.9 Å². The van der Waals surface area contributed by atoms with Crippen molar-refractivity contribution >= 4 is 5.84 Å². The first kappa shape index (κ1) is 14.4. The van der Waals surface area contributed by atoms with Crippen LogP contribution < -0.4 is 10.6 Å². The van der Waals surface area contributed by atoms with Gasteiger partial charge in [0.1, 0.15) is 5.84 Å². The Bertz CT molecular complexity index is 321. The van der Waals surface area contributed by atoms with Crippen LogP contribution in [0.3, 0.4) is 0 Å². The smallest absolute Gasteiger partial charge is 0.117 e. The molecule has 114 valence electrons. The van der Waals surface area contributed by atoms with Gasteiger partial charge in [0.25, 0.3) is 0 Å². The molecule has 0 atom stereocenters. The minimum absolute atomic E-state index is 0.195. The van der Waals surface area contributed by atoms with E-state index in [1.807, 2.05) is 0 Å². The summed E-state index contributed by atoms with van der Waals surface area (Å²) in [5.74, 6) is 1.32. The number of hydrogen-bond donors (Lipinski definition) is 2. The maximum absolute atomic E-state index is 4.92. The molecule has 20 heavy (non-hydrogen) atoms. The number of hydrogen-bond acceptors (Lipinski definition) is 3. The van der Waals surface area contributed by atoms with Gasteiger partial charge in [-0.2, -0.15) is 0 Å². The summed E-state index contributed by atoms with van der Waals surface area (Å²) in [6.07, 6.45) is 16.4. The van der Waals surface area contributed by atoms with Crippen LogP contribution >= 0.6 is 0 Å². The molecule has 0 unspecified atom stereocenters. The fraction of sp³-hybridized carbons (Fsp3) is 0.941. The van der Waals surface area contributed by atoms with Crippen LogP contribution in [0.25, 0.3) is 0 Å². The fourth-order valence-electron chi connectivity index (χ4n) is 4.24. The first-order valence-corrected chi connectivity index (χ1v) is 8.96. The van der Waals surface area contributed by atoms with Crippen molar-refractivity contribution < 1.29 is 0 Å². The van der Waals surface area contributed by atoms with Crippen molar-refractivity contribution in [1.29, 1.82) is 0 Å². The molecule has 0 amide bonds. The van der Waals surface area contributed by atoms with Crippen LogP contribution in [0.4, 0.5) is 0 Å². The van der Waals surface area contributed by atoms with Gasteiger partial charge in [-0.1, -0.05) is 51.4 Å². The lowest BCUT2D eigenvalue weighted by Crippen LogP contribution is -2.61. The number of rotatable bonds is 1. The number of amidine groups is 1. The van der Waals surface area contributed by atoms with Crippen molar-refractivity contribution in [1.82, 2.24) is 10.6 Å². The van der Waals surface area contributed by atoms with Crippen molar-refractivity contribution in [2.75, 3.05) is 13.1 Å². The van der Waals surface area contributed by atoms with Crippen molar-refractivity contribution in [3.63, 3.8) is 0 Å². The molecule has 1 aliphatic heterocycles. The van der Waals surface area contributed by atoms with E-state index in [1.54, 1.807) is 0 Å². The Balaban J connectivity index is 1.69. The fourth-order valence-corrected chi connectivity index (χ4v) is 4.24. The average Bonchev–Trinajstić information content (AvgIpc) is 2.85. The molecule has 0 radical (unpaired) electrons. The Kier molecular flexibility index (Phi) is 4.98. The monoisotopic (exact) mass is 277 g/mol. The molecular formula is C17H31N3. The van der Waals surface area contributed by atoms with Gasteiger partial charge in [0.05, 0.1) is 12.1 Å². The molecule has 0 bridgehead atoms. The molecule has 2 saturated carbocycles. The van der Waals surface area contributed by atoms with E-state index < -0.39 is 0 Å². The Hall–Kier alpha value is -0.570. The molecule has 2 N–H and O–H groups in total. The second kappa shape index (κ2) is 6.93. The maximum atomic E-state index is 4.92. The standard InChI is InChI=1S/C17H31N3/c1-2-6-10-15(9-5-1)20-16-17(19-14-13-18-16)11-7-3-4-8-12-17/h15,19H,1-14H2,(H,18,20). The zero-order valence-electron chi connectivity index (χ0n) is 12.9. The van der Waals surface area contributed by atoms with Gasteiger partial charge < -0.3 is 10.6 Å². The lowest BCUT2D eigenvalue weighted by Gasteiger charge is -2.40. The van der Waals surface area contributed by atoms with E-state index >= 15 is 0 Å². The second-order valence-corrected chi connectivity index (χ2v) is 6.99. The SMILES string of the molecule is C1CCCC(NC2=NCCNC23CCCCCC3)CC1. The molecular weight excluding hydrogens is 246 g/mol. The van der Waals surface area contributed by atoms with Crippen molar-refractivity contribution in [3.8, 4) is 0 Å². The Morgan fingerprint density at radius 3 is 2.25 bits per heavy atom. The van der Waals surface area contributed by atoms with Crippen LogP contribution in [0.1, 0.15) is 77.0 Å². The predicted molar refractivity (Wildman–Crippen MR) is 85.4 cm³/mol. The van der Waals surface area contributed by atoms with Gasteiger partial charge in [0.15, 0.2) is 0 Å². The Morgan fingerprint density at radius 2 is 1.55 bits per heavy atom. The molecule has 0 aromatic heterocycles. The molecule has 3 nitrogen and oxygen atoms in total. The Morgan fingerprint density at radius 1 is 0.900 bits per heavy atom. The third kappa shape index (κ3) is 3.36. The summed E-state index contributed by atoms with van der Waals surface area (Å²) in [7, 11) is 0. The molecule has 3 heteroatoms. The highest BCUT2D eigenvalue weighted by molar-refractivity contribution is 5.92. The normalized spacial score (nSPS) is 28.5. The van der Waals surface area contributed by atoms with Gasteiger partial charge in [0, 0.05) is 12.6 Å². The molecule has 2 fully saturated rings. The zero-order chi connectivity index (χ0) is 13.7. The summed E-state index contributed by atoms with van der Waals surface area (Å²) >= 11 is 0. The highest BCUT2D eigenvalue weighted by Gasteiger charge is 2.38. The van der Waals surface area contributed by atoms with E-state index in [0.717, 1.165) is 13.1 Å². The molecule has 1 heterocycles. The number of aliphatic imine (C=N–C) groups is 1. The highest BCUT2D eigenvalue weighted by Crippen LogP contribution is 2.30. The molecule has 0 saturated heterocycles. The molecule has 0 aromatic rings. The van der Waals surface area contributed by atoms with E-state index in [2.05, 4.69) is 10.6 Å². The highest BCUT2D eigenvalue weighted by atomic mass is 15.2. The molecule has 3 aliphatic rings.